The van der Waals surface area contributed by atoms with Crippen LogP contribution in [0.5, 0.6) is 5.75 Å². The van der Waals surface area contributed by atoms with E-state index < -0.39 is 0 Å². The average molecular weight is 173 g/mol. The first-order chi connectivity index (χ1) is 6.29. The average Bonchev–Trinajstić information content (AvgIpc) is 2.17. The van der Waals surface area contributed by atoms with Crippen LogP contribution in [-0.4, -0.2) is 16.4 Å². The number of aromatic nitrogens is 1. The van der Waals surface area contributed by atoms with Crippen molar-refractivity contribution < 1.29 is 9.90 Å². The van der Waals surface area contributed by atoms with Crippen molar-refractivity contribution in [1.29, 1.82) is 0 Å². The highest BCUT2D eigenvalue weighted by molar-refractivity contribution is 5.84. The number of carbonyl (C=O) groups excluding carboxylic acids is 1. The number of aromatic hydroxyl groups is 1. The zero-order valence-corrected chi connectivity index (χ0v) is 6.77. The zero-order valence-electron chi connectivity index (χ0n) is 6.77. The predicted octanol–water partition coefficient (Wildman–Crippen LogP) is 1.75. The van der Waals surface area contributed by atoms with E-state index in [-0.39, 0.29) is 5.75 Å². The SMILES string of the molecule is O=Cc1ccc2cc(O)ccc2n1. The third kappa shape index (κ3) is 1.36. The Morgan fingerprint density at radius 3 is 2.85 bits per heavy atom. The lowest BCUT2D eigenvalue weighted by atomic mass is 10.2. The smallest absolute Gasteiger partial charge is 0.168 e. The Morgan fingerprint density at radius 1 is 1.23 bits per heavy atom. The van der Waals surface area contributed by atoms with Gasteiger partial charge in [0.15, 0.2) is 6.29 Å². The van der Waals surface area contributed by atoms with Crippen LogP contribution in [0.1, 0.15) is 10.5 Å². The summed E-state index contributed by atoms with van der Waals surface area (Å²) >= 11 is 0. The molecule has 0 atom stereocenters. The lowest BCUT2D eigenvalue weighted by molar-refractivity contribution is 0.111. The Balaban J connectivity index is 2.73. The van der Waals surface area contributed by atoms with Crippen molar-refractivity contribution in [2.75, 3.05) is 0 Å². The van der Waals surface area contributed by atoms with E-state index in [0.717, 1.165) is 5.39 Å². The molecule has 0 spiro atoms. The highest BCUT2D eigenvalue weighted by atomic mass is 16.3. The summed E-state index contributed by atoms with van der Waals surface area (Å²) < 4.78 is 0. The molecule has 0 unspecified atom stereocenters. The molecule has 2 rings (SSSR count). The van der Waals surface area contributed by atoms with Gasteiger partial charge in [-0.2, -0.15) is 0 Å². The van der Waals surface area contributed by atoms with E-state index in [1.165, 1.54) is 0 Å². The van der Waals surface area contributed by atoms with Gasteiger partial charge in [0.25, 0.3) is 0 Å². The molecule has 1 N–H and O–H groups in total. The summed E-state index contributed by atoms with van der Waals surface area (Å²) in [5.74, 6) is 0.202. The van der Waals surface area contributed by atoms with Gasteiger partial charge in [-0.15, -0.1) is 0 Å². The standard InChI is InChI=1S/C10H7NO2/c12-6-8-2-1-7-5-9(13)3-4-10(7)11-8/h1-6,13H. The number of hydrogen-bond donors (Lipinski definition) is 1. The molecule has 1 heterocycles. The van der Waals surface area contributed by atoms with Gasteiger partial charge in [-0.3, -0.25) is 4.79 Å². The molecule has 3 heteroatoms. The molecular formula is C10H7NO2. The van der Waals surface area contributed by atoms with E-state index in [1.54, 1.807) is 30.3 Å². The number of benzene rings is 1. The van der Waals surface area contributed by atoms with Crippen LogP contribution in [-0.2, 0) is 0 Å². The van der Waals surface area contributed by atoms with Crippen molar-refractivity contribution in [3.8, 4) is 5.75 Å². The van der Waals surface area contributed by atoms with Crippen molar-refractivity contribution in [2.24, 2.45) is 0 Å². The zero-order chi connectivity index (χ0) is 9.26. The van der Waals surface area contributed by atoms with Gasteiger partial charge >= 0.3 is 0 Å². The molecule has 0 amide bonds. The summed E-state index contributed by atoms with van der Waals surface area (Å²) in [6.45, 7) is 0. The number of nitrogens with zero attached hydrogens (tertiary/aromatic N) is 1. The molecule has 64 valence electrons. The summed E-state index contributed by atoms with van der Waals surface area (Å²) in [6.07, 6.45) is 0.701. The topological polar surface area (TPSA) is 50.2 Å². The van der Waals surface area contributed by atoms with E-state index in [2.05, 4.69) is 4.98 Å². The fraction of sp³-hybridized carbons (Fsp3) is 0. The molecule has 1 aromatic carbocycles. The molecule has 0 saturated heterocycles. The van der Waals surface area contributed by atoms with Gasteiger partial charge in [0.2, 0.25) is 0 Å². The first kappa shape index (κ1) is 7.73. The fourth-order valence-corrected chi connectivity index (χ4v) is 1.19. The number of pyridine rings is 1. The van der Waals surface area contributed by atoms with Crippen LogP contribution in [0.4, 0.5) is 0 Å². The molecule has 0 aliphatic rings. The molecule has 0 bridgehead atoms. The lowest BCUT2D eigenvalue weighted by Gasteiger charge is -1.97. The van der Waals surface area contributed by atoms with Gasteiger partial charge in [-0.1, -0.05) is 6.07 Å². The highest BCUT2D eigenvalue weighted by Crippen LogP contribution is 2.17. The van der Waals surface area contributed by atoms with Gasteiger partial charge in [0, 0.05) is 5.39 Å². The van der Waals surface area contributed by atoms with Crippen molar-refractivity contribution >= 4 is 17.2 Å². The van der Waals surface area contributed by atoms with E-state index in [9.17, 15) is 4.79 Å². The van der Waals surface area contributed by atoms with E-state index in [1.807, 2.05) is 0 Å². The molecule has 13 heavy (non-hydrogen) atoms. The van der Waals surface area contributed by atoms with Crippen molar-refractivity contribution in [1.82, 2.24) is 4.98 Å². The summed E-state index contributed by atoms with van der Waals surface area (Å²) in [4.78, 5) is 14.5. The number of phenols is 1. The highest BCUT2D eigenvalue weighted by Gasteiger charge is 1.97. The summed E-state index contributed by atoms with van der Waals surface area (Å²) in [7, 11) is 0. The van der Waals surface area contributed by atoms with Crippen molar-refractivity contribution in [3.63, 3.8) is 0 Å². The molecule has 0 aliphatic heterocycles. The Bertz CT molecular complexity index is 465. The molecule has 0 aliphatic carbocycles. The van der Waals surface area contributed by atoms with Crippen LogP contribution in [0.25, 0.3) is 10.9 Å². The molecule has 3 nitrogen and oxygen atoms in total. The number of hydrogen-bond acceptors (Lipinski definition) is 3. The van der Waals surface area contributed by atoms with Crippen LogP contribution < -0.4 is 0 Å². The Labute approximate surface area is 74.7 Å². The Morgan fingerprint density at radius 2 is 2.08 bits per heavy atom. The quantitative estimate of drug-likeness (QED) is 0.668. The van der Waals surface area contributed by atoms with E-state index in [4.69, 9.17) is 5.11 Å². The van der Waals surface area contributed by atoms with Gasteiger partial charge in [0.1, 0.15) is 11.4 Å². The van der Waals surface area contributed by atoms with Crippen LogP contribution in [0.2, 0.25) is 0 Å². The third-order valence-electron chi connectivity index (χ3n) is 1.82. The normalized spacial score (nSPS) is 10.2. The first-order valence-electron chi connectivity index (χ1n) is 3.84. The Kier molecular flexibility index (Phi) is 1.70. The van der Waals surface area contributed by atoms with Crippen LogP contribution >= 0.6 is 0 Å². The number of fused-ring (bicyclic) bond motifs is 1. The molecule has 0 fully saturated rings. The summed E-state index contributed by atoms with van der Waals surface area (Å²) in [6, 6.07) is 8.21. The van der Waals surface area contributed by atoms with Crippen LogP contribution in [0.15, 0.2) is 30.3 Å². The minimum atomic E-state index is 0.202. The fourth-order valence-electron chi connectivity index (χ4n) is 1.19. The van der Waals surface area contributed by atoms with Crippen LogP contribution in [0.3, 0.4) is 0 Å². The lowest BCUT2D eigenvalue weighted by Crippen LogP contribution is -1.86. The molecule has 0 radical (unpaired) electrons. The molecule has 1 aromatic heterocycles. The van der Waals surface area contributed by atoms with Gasteiger partial charge in [-0.25, -0.2) is 4.98 Å². The number of carbonyl (C=O) groups is 1. The molecular weight excluding hydrogens is 166 g/mol. The van der Waals surface area contributed by atoms with E-state index in [0.29, 0.717) is 17.5 Å². The Hall–Kier alpha value is -1.90. The third-order valence-corrected chi connectivity index (χ3v) is 1.82. The largest absolute Gasteiger partial charge is 0.508 e. The molecule has 2 aromatic rings. The van der Waals surface area contributed by atoms with Crippen LogP contribution in [0, 0.1) is 0 Å². The first-order valence-corrected chi connectivity index (χ1v) is 3.84. The minimum absolute atomic E-state index is 0.202. The number of aldehydes is 1. The summed E-state index contributed by atoms with van der Waals surface area (Å²) in [5.41, 5.74) is 1.11. The maximum Gasteiger partial charge on any atom is 0.168 e. The second-order valence-electron chi connectivity index (χ2n) is 2.73. The second-order valence-corrected chi connectivity index (χ2v) is 2.73. The summed E-state index contributed by atoms with van der Waals surface area (Å²) in [5, 5.41) is 9.98. The second kappa shape index (κ2) is 2.86. The van der Waals surface area contributed by atoms with Gasteiger partial charge < -0.3 is 5.11 Å². The maximum absolute atomic E-state index is 10.4. The van der Waals surface area contributed by atoms with Crippen molar-refractivity contribution in [2.45, 2.75) is 0 Å². The number of phenolic OH excluding ortho intramolecular Hbond substituents is 1. The van der Waals surface area contributed by atoms with Gasteiger partial charge in [-0.05, 0) is 24.3 Å². The van der Waals surface area contributed by atoms with E-state index >= 15 is 0 Å². The predicted molar refractivity (Wildman–Crippen MR) is 48.8 cm³/mol. The monoisotopic (exact) mass is 173 g/mol. The van der Waals surface area contributed by atoms with Gasteiger partial charge in [0.05, 0.1) is 5.52 Å². The maximum atomic E-state index is 10.4. The molecule has 0 saturated carbocycles. The minimum Gasteiger partial charge on any atom is -0.508 e. The number of rotatable bonds is 1. The van der Waals surface area contributed by atoms with Crippen molar-refractivity contribution in [3.05, 3.63) is 36.0 Å².